The van der Waals surface area contributed by atoms with E-state index in [-0.39, 0.29) is 18.5 Å². The summed E-state index contributed by atoms with van der Waals surface area (Å²) in [5.41, 5.74) is 4.88. The standard InChI is InChI=1S/C28H29N3O3/c1-20-14-15-23(27(29-18-26(32)33)22-11-6-3-7-12-22)24(17-20)30-28(34)25-13-8-16-31(25)19-21-9-4-2-5-10-21/h2-7,9-12,14-15,17,25H,8,13,16,18-19H2,1H3,(H,30,34)(H,32,33)/t25-/m0/s1. The molecule has 1 fully saturated rings. The molecular formula is C28H29N3O3. The summed E-state index contributed by atoms with van der Waals surface area (Å²) < 4.78 is 0. The third-order valence-corrected chi connectivity index (χ3v) is 6.00. The predicted octanol–water partition coefficient (Wildman–Crippen LogP) is 4.52. The molecule has 34 heavy (non-hydrogen) atoms. The van der Waals surface area contributed by atoms with E-state index in [0.29, 0.717) is 17.0 Å². The lowest BCUT2D eigenvalue weighted by atomic mass is 9.98. The van der Waals surface area contributed by atoms with Gasteiger partial charge in [0.05, 0.1) is 17.4 Å². The van der Waals surface area contributed by atoms with Crippen molar-refractivity contribution in [3.05, 3.63) is 101 Å². The minimum Gasteiger partial charge on any atom is -0.480 e. The largest absolute Gasteiger partial charge is 0.480 e. The van der Waals surface area contributed by atoms with Crippen LogP contribution in [0, 0.1) is 6.92 Å². The Bertz CT molecular complexity index is 1180. The second kappa shape index (κ2) is 10.9. The van der Waals surface area contributed by atoms with Crippen LogP contribution in [0.25, 0.3) is 0 Å². The molecule has 0 unspecified atom stereocenters. The summed E-state index contributed by atoms with van der Waals surface area (Å²) in [6.07, 6.45) is 1.78. The monoisotopic (exact) mass is 455 g/mol. The minimum absolute atomic E-state index is 0.0501. The van der Waals surface area contributed by atoms with Gasteiger partial charge < -0.3 is 10.4 Å². The topological polar surface area (TPSA) is 82.0 Å². The average Bonchev–Trinajstić information content (AvgIpc) is 3.30. The first-order valence-corrected chi connectivity index (χ1v) is 11.5. The van der Waals surface area contributed by atoms with Crippen molar-refractivity contribution in [2.75, 3.05) is 18.4 Å². The summed E-state index contributed by atoms with van der Waals surface area (Å²) >= 11 is 0. The second-order valence-corrected chi connectivity index (χ2v) is 8.58. The predicted molar refractivity (Wildman–Crippen MR) is 134 cm³/mol. The Morgan fingerprint density at radius 1 is 1.03 bits per heavy atom. The molecular weight excluding hydrogens is 426 g/mol. The number of carboxylic acids is 1. The summed E-state index contributed by atoms with van der Waals surface area (Å²) in [6.45, 7) is 3.23. The van der Waals surface area contributed by atoms with Crippen LogP contribution in [0.5, 0.6) is 0 Å². The molecule has 4 rings (SSSR count). The Kier molecular flexibility index (Phi) is 7.50. The first-order chi connectivity index (χ1) is 16.5. The van der Waals surface area contributed by atoms with Crippen LogP contribution in [0.4, 0.5) is 5.69 Å². The highest BCUT2D eigenvalue weighted by Gasteiger charge is 2.31. The highest BCUT2D eigenvalue weighted by atomic mass is 16.4. The maximum absolute atomic E-state index is 13.4. The van der Waals surface area contributed by atoms with Crippen LogP contribution in [0.3, 0.4) is 0 Å². The fourth-order valence-corrected chi connectivity index (χ4v) is 4.39. The van der Waals surface area contributed by atoms with Gasteiger partial charge in [-0.3, -0.25) is 19.5 Å². The third-order valence-electron chi connectivity index (χ3n) is 6.00. The van der Waals surface area contributed by atoms with Crippen molar-refractivity contribution in [3.8, 4) is 0 Å². The van der Waals surface area contributed by atoms with Gasteiger partial charge >= 0.3 is 5.97 Å². The maximum atomic E-state index is 13.4. The lowest BCUT2D eigenvalue weighted by Gasteiger charge is -2.24. The van der Waals surface area contributed by atoms with E-state index >= 15 is 0 Å². The van der Waals surface area contributed by atoms with E-state index in [0.717, 1.165) is 37.1 Å². The molecule has 0 spiro atoms. The molecule has 0 saturated carbocycles. The Labute approximate surface area is 200 Å². The van der Waals surface area contributed by atoms with E-state index in [4.69, 9.17) is 0 Å². The van der Waals surface area contributed by atoms with Crippen molar-refractivity contribution in [2.45, 2.75) is 32.4 Å². The zero-order chi connectivity index (χ0) is 23.9. The number of rotatable bonds is 8. The van der Waals surface area contributed by atoms with E-state index < -0.39 is 5.97 Å². The van der Waals surface area contributed by atoms with Crippen molar-refractivity contribution in [3.63, 3.8) is 0 Å². The summed E-state index contributed by atoms with van der Waals surface area (Å²) in [7, 11) is 0. The SMILES string of the molecule is Cc1ccc(C(=NCC(=O)O)c2ccccc2)c(NC(=O)[C@@H]2CCCN2Cc2ccccc2)c1. The third kappa shape index (κ3) is 5.77. The molecule has 2 N–H and O–H groups in total. The number of aliphatic imine (C=N–C) groups is 1. The molecule has 1 amide bonds. The molecule has 1 saturated heterocycles. The first kappa shape index (κ1) is 23.4. The number of hydrogen-bond donors (Lipinski definition) is 2. The molecule has 1 aliphatic rings. The summed E-state index contributed by atoms with van der Waals surface area (Å²) in [5, 5.41) is 12.4. The zero-order valence-corrected chi connectivity index (χ0v) is 19.3. The number of anilines is 1. The van der Waals surface area contributed by atoms with Crippen molar-refractivity contribution in [2.24, 2.45) is 4.99 Å². The fraction of sp³-hybridized carbons (Fsp3) is 0.250. The van der Waals surface area contributed by atoms with E-state index in [1.165, 1.54) is 5.56 Å². The quantitative estimate of drug-likeness (QED) is 0.489. The van der Waals surface area contributed by atoms with E-state index in [1.54, 1.807) is 0 Å². The molecule has 0 aliphatic carbocycles. The smallest absolute Gasteiger partial charge is 0.325 e. The molecule has 3 aromatic rings. The van der Waals surface area contributed by atoms with Crippen LogP contribution in [0.15, 0.2) is 83.9 Å². The summed E-state index contributed by atoms with van der Waals surface area (Å²) in [5.74, 6) is -1.06. The Morgan fingerprint density at radius 3 is 2.44 bits per heavy atom. The Morgan fingerprint density at radius 2 is 1.74 bits per heavy atom. The highest BCUT2D eigenvalue weighted by molar-refractivity contribution is 6.17. The van der Waals surface area contributed by atoms with Gasteiger partial charge in [-0.1, -0.05) is 72.8 Å². The summed E-state index contributed by atoms with van der Waals surface area (Å²) in [4.78, 5) is 31.3. The van der Waals surface area contributed by atoms with Gasteiger partial charge in [-0.2, -0.15) is 0 Å². The normalized spacial score (nSPS) is 16.4. The number of carbonyl (C=O) groups is 2. The summed E-state index contributed by atoms with van der Waals surface area (Å²) in [6, 6.07) is 25.2. The van der Waals surface area contributed by atoms with Gasteiger partial charge in [0.25, 0.3) is 0 Å². The molecule has 6 nitrogen and oxygen atoms in total. The van der Waals surface area contributed by atoms with E-state index in [9.17, 15) is 14.7 Å². The molecule has 174 valence electrons. The van der Waals surface area contributed by atoms with Crippen molar-refractivity contribution >= 4 is 23.3 Å². The van der Waals surface area contributed by atoms with Gasteiger partial charge in [-0.25, -0.2) is 0 Å². The van der Waals surface area contributed by atoms with Gasteiger partial charge in [0.2, 0.25) is 5.91 Å². The van der Waals surface area contributed by atoms with Crippen molar-refractivity contribution in [1.29, 1.82) is 0 Å². The minimum atomic E-state index is -1.01. The van der Waals surface area contributed by atoms with Crippen molar-refractivity contribution < 1.29 is 14.7 Å². The van der Waals surface area contributed by atoms with E-state index in [2.05, 4.69) is 27.3 Å². The number of carboxylic acid groups (broad SMARTS) is 1. The number of amides is 1. The van der Waals surface area contributed by atoms with Gasteiger partial charge in [0.1, 0.15) is 6.54 Å². The van der Waals surface area contributed by atoms with Crippen LogP contribution in [-0.2, 0) is 16.1 Å². The molecule has 0 radical (unpaired) electrons. The molecule has 3 aromatic carbocycles. The van der Waals surface area contributed by atoms with Crippen LogP contribution in [0.2, 0.25) is 0 Å². The van der Waals surface area contributed by atoms with Gasteiger partial charge in [0, 0.05) is 17.7 Å². The number of hydrogen-bond acceptors (Lipinski definition) is 4. The first-order valence-electron chi connectivity index (χ1n) is 11.5. The molecule has 1 heterocycles. The lowest BCUT2D eigenvalue weighted by Crippen LogP contribution is -2.39. The van der Waals surface area contributed by atoms with Gasteiger partial charge in [-0.15, -0.1) is 0 Å². The molecule has 0 aromatic heterocycles. The molecule has 6 heteroatoms. The van der Waals surface area contributed by atoms with Gasteiger partial charge in [-0.05, 0) is 43.5 Å². The Balaban J connectivity index is 1.62. The van der Waals surface area contributed by atoms with Crippen LogP contribution >= 0.6 is 0 Å². The number of nitrogens with zero attached hydrogens (tertiary/aromatic N) is 2. The zero-order valence-electron chi connectivity index (χ0n) is 19.3. The lowest BCUT2D eigenvalue weighted by molar-refractivity contribution is -0.135. The maximum Gasteiger partial charge on any atom is 0.325 e. The number of aryl methyl sites for hydroxylation is 1. The van der Waals surface area contributed by atoms with Crippen molar-refractivity contribution in [1.82, 2.24) is 4.90 Å². The number of benzene rings is 3. The van der Waals surface area contributed by atoms with Crippen LogP contribution < -0.4 is 5.32 Å². The fourth-order valence-electron chi connectivity index (χ4n) is 4.39. The molecule has 1 aliphatic heterocycles. The number of likely N-dealkylation sites (tertiary alicyclic amines) is 1. The number of carbonyl (C=O) groups excluding carboxylic acids is 1. The second-order valence-electron chi connectivity index (χ2n) is 8.58. The van der Waals surface area contributed by atoms with Crippen LogP contribution in [0.1, 0.15) is 35.1 Å². The Hall–Kier alpha value is -3.77. The highest BCUT2D eigenvalue weighted by Crippen LogP contribution is 2.26. The van der Waals surface area contributed by atoms with Gasteiger partial charge in [0.15, 0.2) is 0 Å². The van der Waals surface area contributed by atoms with E-state index in [1.807, 2.05) is 73.7 Å². The molecule has 1 atom stereocenters. The number of aliphatic carboxylic acids is 1. The molecule has 0 bridgehead atoms. The van der Waals surface area contributed by atoms with Crippen LogP contribution in [-0.4, -0.2) is 46.7 Å². The number of nitrogens with one attached hydrogen (secondary N) is 1. The average molecular weight is 456 g/mol.